The number of aromatic nitrogens is 5. The maximum absolute atomic E-state index is 12.8. The van der Waals surface area contributed by atoms with Gasteiger partial charge in [-0.1, -0.05) is 12.1 Å². The summed E-state index contributed by atoms with van der Waals surface area (Å²) in [5.41, 5.74) is 5.87. The molecule has 1 aromatic carbocycles. The van der Waals surface area contributed by atoms with E-state index < -0.39 is 0 Å². The Morgan fingerprint density at radius 1 is 1.15 bits per heavy atom. The van der Waals surface area contributed by atoms with Gasteiger partial charge in [0.25, 0.3) is 5.91 Å². The van der Waals surface area contributed by atoms with Crippen LogP contribution in [0.1, 0.15) is 23.2 Å². The summed E-state index contributed by atoms with van der Waals surface area (Å²) in [5, 5.41) is 12.7. The van der Waals surface area contributed by atoms with E-state index in [1.165, 1.54) is 0 Å². The van der Waals surface area contributed by atoms with Gasteiger partial charge < -0.3 is 25.1 Å². The van der Waals surface area contributed by atoms with E-state index in [-0.39, 0.29) is 12.0 Å². The summed E-state index contributed by atoms with van der Waals surface area (Å²) in [6.07, 6.45) is 9.57. The van der Waals surface area contributed by atoms with Crippen molar-refractivity contribution in [2.24, 2.45) is 7.05 Å². The molecule has 1 atom stereocenters. The van der Waals surface area contributed by atoms with Crippen molar-refractivity contribution in [3.05, 3.63) is 60.7 Å². The minimum atomic E-state index is -0.0718. The van der Waals surface area contributed by atoms with Gasteiger partial charge in [0.05, 0.1) is 43.0 Å². The molecule has 6 heterocycles. The summed E-state index contributed by atoms with van der Waals surface area (Å²) in [6.45, 7) is 2.75. The molecule has 10 heteroatoms. The Morgan fingerprint density at radius 3 is 2.74 bits per heavy atom. The number of ether oxygens (including phenoxy) is 2. The van der Waals surface area contributed by atoms with Gasteiger partial charge >= 0.3 is 0 Å². The van der Waals surface area contributed by atoms with Crippen molar-refractivity contribution < 1.29 is 14.3 Å². The molecule has 2 aliphatic rings. The van der Waals surface area contributed by atoms with Gasteiger partial charge in [-0.25, -0.2) is 4.98 Å². The van der Waals surface area contributed by atoms with E-state index >= 15 is 0 Å². The molecule has 2 saturated heterocycles. The number of nitrogens with zero attached hydrogens (tertiary/aromatic N) is 4. The van der Waals surface area contributed by atoms with Crippen molar-refractivity contribution in [1.29, 1.82) is 0 Å². The van der Waals surface area contributed by atoms with Crippen LogP contribution in [-0.2, 0) is 11.8 Å². The fraction of sp³-hybridized carbons (Fsp3) is 0.310. The largest absolute Gasteiger partial charge is 0.483 e. The van der Waals surface area contributed by atoms with E-state index in [1.54, 1.807) is 17.1 Å². The SMILES string of the molecule is Cn1cc(-c2cc3c(cn2)[nH]c2ncc(OC4COC4)c(-c4ccc(C(=O)NC[C@H]5CCCN5)cc4)c23)cn1. The van der Waals surface area contributed by atoms with Gasteiger partial charge in [-0.15, -0.1) is 0 Å². The molecule has 198 valence electrons. The van der Waals surface area contributed by atoms with Crippen LogP contribution in [0.15, 0.2) is 55.1 Å². The van der Waals surface area contributed by atoms with Crippen LogP contribution in [0.25, 0.3) is 44.3 Å². The first-order chi connectivity index (χ1) is 19.1. The van der Waals surface area contributed by atoms with Gasteiger partial charge in [0.15, 0.2) is 0 Å². The van der Waals surface area contributed by atoms with Crippen LogP contribution in [0, 0.1) is 0 Å². The van der Waals surface area contributed by atoms with E-state index in [0.717, 1.165) is 63.7 Å². The average molecular weight is 524 g/mol. The first kappa shape index (κ1) is 23.8. The lowest BCUT2D eigenvalue weighted by molar-refractivity contribution is -0.0795. The third kappa shape index (κ3) is 4.51. The fourth-order valence-corrected chi connectivity index (χ4v) is 5.33. The Morgan fingerprint density at radius 2 is 2.03 bits per heavy atom. The Balaban J connectivity index is 1.30. The second-order valence-corrected chi connectivity index (χ2v) is 10.2. The van der Waals surface area contributed by atoms with Gasteiger partial charge in [0.2, 0.25) is 0 Å². The quantitative estimate of drug-likeness (QED) is 0.299. The van der Waals surface area contributed by atoms with Crippen LogP contribution in [0.2, 0.25) is 0 Å². The van der Waals surface area contributed by atoms with E-state index in [1.807, 2.05) is 43.7 Å². The van der Waals surface area contributed by atoms with Crippen molar-refractivity contribution in [3.63, 3.8) is 0 Å². The number of carbonyl (C=O) groups is 1. The summed E-state index contributed by atoms with van der Waals surface area (Å²) in [4.78, 5) is 25.6. The zero-order valence-corrected chi connectivity index (χ0v) is 21.6. The smallest absolute Gasteiger partial charge is 0.251 e. The number of benzene rings is 1. The number of hydrogen-bond donors (Lipinski definition) is 3. The normalized spacial score (nSPS) is 17.5. The number of rotatable bonds is 7. The van der Waals surface area contributed by atoms with Crippen LogP contribution in [-0.4, -0.2) is 69.1 Å². The Bertz CT molecular complexity index is 1660. The lowest BCUT2D eigenvalue weighted by atomic mass is 9.98. The topological polar surface area (TPSA) is 119 Å². The van der Waals surface area contributed by atoms with E-state index in [0.29, 0.717) is 37.1 Å². The Kier molecular flexibility index (Phi) is 5.98. The highest BCUT2D eigenvalue weighted by atomic mass is 16.6. The number of fused-ring (bicyclic) bond motifs is 3. The molecule has 3 N–H and O–H groups in total. The standard InChI is InChI=1S/C29H29N7O3/c1-36-14-19(10-34-36)23-9-22-24(12-31-23)35-28-27(22)26(25(13-32-28)39-21-15-38-16-21)17-4-6-18(7-5-17)29(37)33-11-20-3-2-8-30-20/h4-7,9-10,12-14,20-21,30H,2-3,8,11,15-16H2,1H3,(H,32,35)(H,33,37)/t20-/m1/s1. The molecular formula is C29H29N7O3. The summed E-state index contributed by atoms with van der Waals surface area (Å²) in [5.74, 6) is 0.610. The minimum Gasteiger partial charge on any atom is -0.483 e. The Hall–Kier alpha value is -4.28. The highest BCUT2D eigenvalue weighted by Gasteiger charge is 2.25. The maximum Gasteiger partial charge on any atom is 0.251 e. The number of hydrogen-bond acceptors (Lipinski definition) is 7. The third-order valence-electron chi connectivity index (χ3n) is 7.48. The zero-order chi connectivity index (χ0) is 26.3. The van der Waals surface area contributed by atoms with Crippen LogP contribution in [0.4, 0.5) is 0 Å². The molecule has 0 unspecified atom stereocenters. The molecule has 0 saturated carbocycles. The number of aryl methyl sites for hydroxylation is 1. The predicted octanol–water partition coefficient (Wildman–Crippen LogP) is 3.44. The second kappa shape index (κ2) is 9.79. The van der Waals surface area contributed by atoms with Crippen LogP contribution < -0.4 is 15.4 Å². The molecule has 10 nitrogen and oxygen atoms in total. The van der Waals surface area contributed by atoms with E-state index in [9.17, 15) is 4.79 Å². The van der Waals surface area contributed by atoms with Crippen molar-refractivity contribution >= 4 is 27.8 Å². The number of H-pyrrole nitrogens is 1. The lowest BCUT2D eigenvalue weighted by Crippen LogP contribution is -2.38. The van der Waals surface area contributed by atoms with E-state index in [4.69, 9.17) is 14.5 Å². The average Bonchev–Trinajstić information content (AvgIpc) is 3.69. The summed E-state index contributed by atoms with van der Waals surface area (Å²) in [6, 6.07) is 10.1. The second-order valence-electron chi connectivity index (χ2n) is 10.2. The molecule has 4 aromatic heterocycles. The molecule has 7 rings (SSSR count). The first-order valence-corrected chi connectivity index (χ1v) is 13.3. The van der Waals surface area contributed by atoms with Gasteiger partial charge in [-0.05, 0) is 43.1 Å². The molecule has 0 bridgehead atoms. The number of carbonyl (C=O) groups excluding carboxylic acids is 1. The molecule has 2 aliphatic heterocycles. The summed E-state index contributed by atoms with van der Waals surface area (Å²) < 4.78 is 13.4. The van der Waals surface area contributed by atoms with Crippen molar-refractivity contribution in [2.75, 3.05) is 26.3 Å². The van der Waals surface area contributed by atoms with Gasteiger partial charge in [0, 0.05) is 53.3 Å². The molecular weight excluding hydrogens is 494 g/mol. The summed E-state index contributed by atoms with van der Waals surface area (Å²) in [7, 11) is 1.89. The zero-order valence-electron chi connectivity index (χ0n) is 21.6. The van der Waals surface area contributed by atoms with Crippen LogP contribution in [0.5, 0.6) is 5.75 Å². The predicted molar refractivity (Wildman–Crippen MR) is 148 cm³/mol. The first-order valence-electron chi connectivity index (χ1n) is 13.3. The number of nitrogens with one attached hydrogen (secondary N) is 3. The summed E-state index contributed by atoms with van der Waals surface area (Å²) >= 11 is 0. The van der Waals surface area contributed by atoms with Crippen LogP contribution in [0.3, 0.4) is 0 Å². The monoisotopic (exact) mass is 523 g/mol. The van der Waals surface area contributed by atoms with Gasteiger partial charge in [-0.3, -0.25) is 14.5 Å². The molecule has 1 amide bonds. The molecule has 5 aromatic rings. The molecule has 0 spiro atoms. The highest BCUT2D eigenvalue weighted by molar-refractivity contribution is 6.14. The molecule has 0 aliphatic carbocycles. The van der Waals surface area contributed by atoms with Crippen LogP contribution >= 0.6 is 0 Å². The van der Waals surface area contributed by atoms with Crippen molar-refractivity contribution in [1.82, 2.24) is 35.4 Å². The Labute approximate surface area is 224 Å². The number of pyridine rings is 2. The van der Waals surface area contributed by atoms with Crippen molar-refractivity contribution in [3.8, 4) is 28.1 Å². The third-order valence-corrected chi connectivity index (χ3v) is 7.48. The minimum absolute atomic E-state index is 0.0184. The number of aromatic amines is 1. The number of amides is 1. The van der Waals surface area contributed by atoms with Gasteiger partial charge in [-0.2, -0.15) is 5.10 Å². The maximum atomic E-state index is 12.8. The molecule has 2 fully saturated rings. The van der Waals surface area contributed by atoms with E-state index in [2.05, 4.69) is 31.8 Å². The lowest BCUT2D eigenvalue weighted by Gasteiger charge is -2.27. The van der Waals surface area contributed by atoms with Gasteiger partial charge in [0.1, 0.15) is 17.5 Å². The molecule has 0 radical (unpaired) electrons. The fourth-order valence-electron chi connectivity index (χ4n) is 5.33. The molecule has 39 heavy (non-hydrogen) atoms. The van der Waals surface area contributed by atoms with Crippen molar-refractivity contribution in [2.45, 2.75) is 25.0 Å². The highest BCUT2D eigenvalue weighted by Crippen LogP contribution is 2.41.